The van der Waals surface area contributed by atoms with Crippen LogP contribution in [0.4, 0.5) is 0 Å². The van der Waals surface area contributed by atoms with Crippen LogP contribution in [0, 0.1) is 12.8 Å². The van der Waals surface area contributed by atoms with Gasteiger partial charge in [0.2, 0.25) is 5.91 Å². The number of benzene rings is 1. The van der Waals surface area contributed by atoms with E-state index in [1.807, 2.05) is 19.1 Å². The predicted molar refractivity (Wildman–Crippen MR) is 82.0 cm³/mol. The first-order valence-electron chi connectivity index (χ1n) is 6.61. The lowest BCUT2D eigenvalue weighted by molar-refractivity contribution is -0.140. The van der Waals surface area contributed by atoms with Gasteiger partial charge in [-0.25, -0.2) is 0 Å². The maximum atomic E-state index is 11.8. The maximum Gasteiger partial charge on any atom is 0.310 e. The van der Waals surface area contributed by atoms with Crippen LogP contribution in [0.25, 0.3) is 6.08 Å². The summed E-state index contributed by atoms with van der Waals surface area (Å²) in [6.07, 6.45) is 6.81. The predicted octanol–water partition coefficient (Wildman–Crippen LogP) is 2.81. The van der Waals surface area contributed by atoms with Gasteiger partial charge in [0.1, 0.15) is 0 Å². The summed E-state index contributed by atoms with van der Waals surface area (Å²) in [4.78, 5) is 22.6. The molecule has 2 unspecified atom stereocenters. The van der Waals surface area contributed by atoms with Crippen molar-refractivity contribution in [2.45, 2.75) is 19.4 Å². The highest BCUT2D eigenvalue weighted by Crippen LogP contribution is 2.19. The first-order valence-corrected chi connectivity index (χ1v) is 6.99. The van der Waals surface area contributed by atoms with Crippen LogP contribution in [0.1, 0.15) is 17.5 Å². The van der Waals surface area contributed by atoms with Gasteiger partial charge in [0, 0.05) is 17.1 Å². The molecule has 0 radical (unpaired) electrons. The number of hydrogen-bond donors (Lipinski definition) is 2. The SMILES string of the molecule is Cc1ccc(C=CC(=O)NC2C=CC(C(=O)O)C2)cc1Cl. The van der Waals surface area contributed by atoms with Gasteiger partial charge in [-0.1, -0.05) is 35.9 Å². The van der Waals surface area contributed by atoms with Gasteiger partial charge in [-0.2, -0.15) is 0 Å². The average Bonchev–Trinajstić information content (AvgIpc) is 2.89. The van der Waals surface area contributed by atoms with Gasteiger partial charge in [0.25, 0.3) is 0 Å². The van der Waals surface area contributed by atoms with Crippen LogP contribution in [0.2, 0.25) is 5.02 Å². The molecular formula is C16H16ClNO3. The molecule has 21 heavy (non-hydrogen) atoms. The topological polar surface area (TPSA) is 66.4 Å². The molecule has 1 aromatic rings. The molecule has 0 fully saturated rings. The van der Waals surface area contributed by atoms with E-state index in [0.29, 0.717) is 11.4 Å². The molecule has 2 atom stereocenters. The van der Waals surface area contributed by atoms with E-state index in [1.54, 1.807) is 24.3 Å². The molecule has 1 amide bonds. The molecule has 0 saturated carbocycles. The Morgan fingerprint density at radius 3 is 2.76 bits per heavy atom. The number of halogens is 1. The summed E-state index contributed by atoms with van der Waals surface area (Å²) in [6.45, 7) is 1.91. The lowest BCUT2D eigenvalue weighted by Gasteiger charge is -2.10. The standard InChI is InChI=1S/C16H16ClNO3/c1-10-2-3-11(8-14(10)17)4-7-15(19)18-13-6-5-12(9-13)16(20)21/h2-8,12-13H,9H2,1H3,(H,18,19)(H,20,21). The van der Waals surface area contributed by atoms with Gasteiger partial charge < -0.3 is 10.4 Å². The fourth-order valence-electron chi connectivity index (χ4n) is 2.10. The van der Waals surface area contributed by atoms with Crippen molar-refractivity contribution in [1.29, 1.82) is 0 Å². The highest BCUT2D eigenvalue weighted by Gasteiger charge is 2.24. The second-order valence-corrected chi connectivity index (χ2v) is 5.43. The zero-order valence-corrected chi connectivity index (χ0v) is 12.3. The van der Waals surface area contributed by atoms with Crippen LogP contribution >= 0.6 is 11.6 Å². The normalized spacial score (nSPS) is 20.9. The van der Waals surface area contributed by atoms with Gasteiger partial charge >= 0.3 is 5.97 Å². The van der Waals surface area contributed by atoms with Crippen molar-refractivity contribution in [2.24, 2.45) is 5.92 Å². The van der Waals surface area contributed by atoms with Crippen LogP contribution in [0.15, 0.2) is 36.4 Å². The molecular weight excluding hydrogens is 290 g/mol. The van der Waals surface area contributed by atoms with Crippen molar-refractivity contribution in [3.05, 3.63) is 52.6 Å². The van der Waals surface area contributed by atoms with Gasteiger partial charge in [-0.05, 0) is 36.6 Å². The van der Waals surface area contributed by atoms with Crippen molar-refractivity contribution in [3.63, 3.8) is 0 Å². The first kappa shape index (κ1) is 15.3. The van der Waals surface area contributed by atoms with E-state index in [9.17, 15) is 9.59 Å². The highest BCUT2D eigenvalue weighted by atomic mass is 35.5. The molecule has 0 bridgehead atoms. The smallest absolute Gasteiger partial charge is 0.310 e. The maximum absolute atomic E-state index is 11.8. The van der Waals surface area contributed by atoms with Gasteiger partial charge in [-0.15, -0.1) is 0 Å². The summed E-state index contributed by atoms with van der Waals surface area (Å²) in [5.41, 5.74) is 1.82. The van der Waals surface area contributed by atoms with Crippen LogP contribution in [0.5, 0.6) is 0 Å². The van der Waals surface area contributed by atoms with Crippen LogP contribution in [-0.4, -0.2) is 23.0 Å². The molecule has 0 spiro atoms. The number of hydrogen-bond acceptors (Lipinski definition) is 2. The van der Waals surface area contributed by atoms with Crippen molar-refractivity contribution in [2.75, 3.05) is 0 Å². The second kappa shape index (κ2) is 6.59. The Balaban J connectivity index is 1.90. The quantitative estimate of drug-likeness (QED) is 0.664. The zero-order valence-electron chi connectivity index (χ0n) is 11.5. The minimum absolute atomic E-state index is 0.232. The van der Waals surface area contributed by atoms with Gasteiger partial charge in [0.05, 0.1) is 5.92 Å². The Morgan fingerprint density at radius 2 is 2.14 bits per heavy atom. The number of carbonyl (C=O) groups is 2. The van der Waals surface area contributed by atoms with Crippen molar-refractivity contribution in [1.82, 2.24) is 5.32 Å². The summed E-state index contributed by atoms with van der Waals surface area (Å²) >= 11 is 6.01. The molecule has 4 nitrogen and oxygen atoms in total. The van der Waals surface area contributed by atoms with Crippen molar-refractivity contribution < 1.29 is 14.7 Å². The second-order valence-electron chi connectivity index (χ2n) is 5.02. The number of carboxylic acids is 1. The summed E-state index contributed by atoms with van der Waals surface area (Å²) in [7, 11) is 0. The van der Waals surface area contributed by atoms with E-state index >= 15 is 0 Å². The van der Waals surface area contributed by atoms with E-state index in [1.165, 1.54) is 6.08 Å². The Morgan fingerprint density at radius 1 is 1.38 bits per heavy atom. The van der Waals surface area contributed by atoms with Crippen LogP contribution in [0.3, 0.4) is 0 Å². The number of carboxylic acid groups (broad SMARTS) is 1. The number of aryl methyl sites for hydroxylation is 1. The monoisotopic (exact) mass is 305 g/mol. The minimum atomic E-state index is -0.868. The molecule has 0 aromatic heterocycles. The molecule has 2 N–H and O–H groups in total. The minimum Gasteiger partial charge on any atom is -0.481 e. The van der Waals surface area contributed by atoms with E-state index in [-0.39, 0.29) is 11.9 Å². The molecule has 1 aliphatic rings. The van der Waals surface area contributed by atoms with Crippen molar-refractivity contribution >= 4 is 29.6 Å². The third-order valence-electron chi connectivity index (χ3n) is 3.35. The number of nitrogens with one attached hydrogen (secondary N) is 1. The first-order chi connectivity index (χ1) is 9.95. The summed E-state index contributed by atoms with van der Waals surface area (Å²) < 4.78 is 0. The summed E-state index contributed by atoms with van der Waals surface area (Å²) in [5, 5.41) is 12.3. The fourth-order valence-corrected chi connectivity index (χ4v) is 2.29. The van der Waals surface area contributed by atoms with Crippen molar-refractivity contribution in [3.8, 4) is 0 Å². The molecule has 2 rings (SSSR count). The third-order valence-corrected chi connectivity index (χ3v) is 3.76. The molecule has 5 heteroatoms. The molecule has 1 aromatic carbocycles. The summed E-state index contributed by atoms with van der Waals surface area (Å²) in [5.74, 6) is -1.64. The fraction of sp³-hybridized carbons (Fsp3) is 0.250. The number of aliphatic carboxylic acids is 1. The van der Waals surface area contributed by atoms with Gasteiger partial charge in [-0.3, -0.25) is 9.59 Å². The third kappa shape index (κ3) is 4.20. The lowest BCUT2D eigenvalue weighted by Crippen LogP contribution is -2.31. The van der Waals surface area contributed by atoms with Crippen LogP contribution < -0.4 is 5.32 Å². The largest absolute Gasteiger partial charge is 0.481 e. The molecule has 0 heterocycles. The van der Waals surface area contributed by atoms with E-state index < -0.39 is 11.9 Å². The molecule has 0 saturated heterocycles. The highest BCUT2D eigenvalue weighted by molar-refractivity contribution is 6.31. The number of amides is 1. The summed E-state index contributed by atoms with van der Waals surface area (Å²) in [6, 6.07) is 5.32. The van der Waals surface area contributed by atoms with E-state index in [0.717, 1.165) is 11.1 Å². The lowest BCUT2D eigenvalue weighted by atomic mass is 10.1. The molecule has 0 aliphatic heterocycles. The Hall–Kier alpha value is -2.07. The number of rotatable bonds is 4. The van der Waals surface area contributed by atoms with Gasteiger partial charge in [0.15, 0.2) is 0 Å². The molecule has 110 valence electrons. The average molecular weight is 306 g/mol. The Labute approximate surface area is 128 Å². The zero-order chi connectivity index (χ0) is 15.4. The molecule has 1 aliphatic carbocycles. The van der Waals surface area contributed by atoms with E-state index in [2.05, 4.69) is 5.32 Å². The van der Waals surface area contributed by atoms with E-state index in [4.69, 9.17) is 16.7 Å². The van der Waals surface area contributed by atoms with Crippen LogP contribution in [-0.2, 0) is 9.59 Å². The Bertz CT molecular complexity index is 622. The number of carbonyl (C=O) groups excluding carboxylic acids is 1. The Kier molecular flexibility index (Phi) is 4.81.